The Labute approximate surface area is 166 Å². The summed E-state index contributed by atoms with van der Waals surface area (Å²) in [6.07, 6.45) is -2.88. The van der Waals surface area contributed by atoms with Gasteiger partial charge in [-0.1, -0.05) is 17.3 Å². The van der Waals surface area contributed by atoms with Crippen molar-refractivity contribution in [2.75, 3.05) is 7.05 Å². The van der Waals surface area contributed by atoms with E-state index in [1.807, 2.05) is 0 Å². The van der Waals surface area contributed by atoms with Crippen molar-refractivity contribution in [2.45, 2.75) is 19.6 Å². The van der Waals surface area contributed by atoms with Gasteiger partial charge in [-0.05, 0) is 12.1 Å². The number of rotatable bonds is 4. The number of halogens is 3. The molecule has 0 saturated carbocycles. The highest BCUT2D eigenvalue weighted by Crippen LogP contribution is 2.32. The van der Waals surface area contributed by atoms with Crippen LogP contribution in [0.4, 0.5) is 13.2 Å². The van der Waals surface area contributed by atoms with Gasteiger partial charge in [-0.3, -0.25) is 9.20 Å². The van der Waals surface area contributed by atoms with Crippen LogP contribution in [-0.2, 0) is 12.7 Å². The van der Waals surface area contributed by atoms with E-state index in [2.05, 4.69) is 15.1 Å². The summed E-state index contributed by atoms with van der Waals surface area (Å²) >= 11 is 1.23. The van der Waals surface area contributed by atoms with Gasteiger partial charge >= 0.3 is 6.18 Å². The van der Waals surface area contributed by atoms with Crippen molar-refractivity contribution in [3.8, 4) is 11.3 Å². The second-order valence-electron chi connectivity index (χ2n) is 6.37. The first kappa shape index (κ1) is 19.1. The average Bonchev–Trinajstić information content (AvgIpc) is 3.36. The third-order valence-corrected chi connectivity index (χ3v) is 5.05. The van der Waals surface area contributed by atoms with Gasteiger partial charge in [-0.15, -0.1) is 11.3 Å². The number of benzene rings is 1. The van der Waals surface area contributed by atoms with Crippen molar-refractivity contribution in [3.05, 3.63) is 58.8 Å². The highest BCUT2D eigenvalue weighted by Gasteiger charge is 2.30. The van der Waals surface area contributed by atoms with Crippen LogP contribution >= 0.6 is 11.3 Å². The molecule has 0 spiro atoms. The van der Waals surface area contributed by atoms with E-state index < -0.39 is 11.7 Å². The highest BCUT2D eigenvalue weighted by atomic mass is 32.1. The van der Waals surface area contributed by atoms with E-state index in [9.17, 15) is 18.0 Å². The Bertz CT molecular complexity index is 1190. The molecule has 0 N–H and O–H groups in total. The molecule has 0 aliphatic rings. The molecule has 0 saturated heterocycles. The quantitative estimate of drug-likeness (QED) is 0.497. The molecule has 0 aliphatic heterocycles. The maximum atomic E-state index is 13.0. The molecule has 0 radical (unpaired) electrons. The van der Waals surface area contributed by atoms with Crippen molar-refractivity contribution in [2.24, 2.45) is 0 Å². The molecule has 0 bridgehead atoms. The predicted molar refractivity (Wildman–Crippen MR) is 98.3 cm³/mol. The second kappa shape index (κ2) is 6.99. The van der Waals surface area contributed by atoms with Gasteiger partial charge in [0.1, 0.15) is 5.69 Å². The zero-order valence-corrected chi connectivity index (χ0v) is 16.1. The van der Waals surface area contributed by atoms with Gasteiger partial charge in [0.2, 0.25) is 5.89 Å². The maximum absolute atomic E-state index is 13.0. The Morgan fingerprint density at radius 2 is 2.10 bits per heavy atom. The van der Waals surface area contributed by atoms with Crippen LogP contribution in [0, 0.1) is 6.92 Å². The van der Waals surface area contributed by atoms with Crippen LogP contribution in [0.25, 0.3) is 16.2 Å². The molecule has 3 heterocycles. The molecule has 3 aromatic heterocycles. The number of aromatic nitrogens is 4. The third-order valence-electron chi connectivity index (χ3n) is 4.21. The first-order valence-corrected chi connectivity index (χ1v) is 9.29. The average molecular weight is 421 g/mol. The summed E-state index contributed by atoms with van der Waals surface area (Å²) in [6, 6.07) is 4.93. The standard InChI is InChI=1S/C18H14F3N5O2S/c1-10-22-15(24-28-10)8-25(2)16(27)14-9-29-17-23-13(7-26(14)17)11-4-3-5-12(6-11)18(19,20)21/h3-7,9H,8H2,1-2H3. The molecule has 0 fully saturated rings. The van der Waals surface area contributed by atoms with E-state index in [1.54, 1.807) is 36.0 Å². The van der Waals surface area contributed by atoms with Crippen molar-refractivity contribution in [1.82, 2.24) is 24.4 Å². The molecule has 0 atom stereocenters. The molecule has 11 heteroatoms. The summed E-state index contributed by atoms with van der Waals surface area (Å²) in [6.45, 7) is 1.81. The van der Waals surface area contributed by atoms with Gasteiger partial charge < -0.3 is 9.42 Å². The minimum Gasteiger partial charge on any atom is -0.340 e. The Kier molecular flexibility index (Phi) is 4.61. The lowest BCUT2D eigenvalue weighted by Crippen LogP contribution is -2.27. The number of aryl methyl sites for hydroxylation is 1. The van der Waals surface area contributed by atoms with Crippen molar-refractivity contribution in [1.29, 1.82) is 0 Å². The highest BCUT2D eigenvalue weighted by molar-refractivity contribution is 7.15. The first-order chi connectivity index (χ1) is 13.7. The molecule has 4 rings (SSSR count). The summed E-state index contributed by atoms with van der Waals surface area (Å²) in [7, 11) is 1.60. The number of fused-ring (bicyclic) bond motifs is 1. The molecule has 150 valence electrons. The molecule has 0 aliphatic carbocycles. The zero-order valence-electron chi connectivity index (χ0n) is 15.3. The monoisotopic (exact) mass is 421 g/mol. The van der Waals surface area contributed by atoms with Crippen LogP contribution in [-0.4, -0.2) is 37.4 Å². The summed E-state index contributed by atoms with van der Waals surface area (Å²) in [5.74, 6) is 0.478. The number of thiazole rings is 1. The van der Waals surface area contributed by atoms with Crippen LogP contribution in [0.2, 0.25) is 0 Å². The lowest BCUT2D eigenvalue weighted by Gasteiger charge is -2.14. The lowest BCUT2D eigenvalue weighted by atomic mass is 10.1. The van der Waals surface area contributed by atoms with Crippen LogP contribution in [0.1, 0.15) is 27.8 Å². The molecule has 1 amide bonds. The van der Waals surface area contributed by atoms with Crippen molar-refractivity contribution < 1.29 is 22.5 Å². The van der Waals surface area contributed by atoms with E-state index in [0.717, 1.165) is 12.1 Å². The third kappa shape index (κ3) is 3.73. The van der Waals surface area contributed by atoms with E-state index in [1.165, 1.54) is 22.3 Å². The van der Waals surface area contributed by atoms with Crippen LogP contribution < -0.4 is 0 Å². The van der Waals surface area contributed by atoms with Crippen LogP contribution in [0.3, 0.4) is 0 Å². The molecular weight excluding hydrogens is 407 g/mol. The zero-order chi connectivity index (χ0) is 20.8. The van der Waals surface area contributed by atoms with E-state index in [-0.39, 0.29) is 12.5 Å². The number of carbonyl (C=O) groups is 1. The summed E-state index contributed by atoms with van der Waals surface area (Å²) in [5.41, 5.74) is 0.273. The predicted octanol–water partition coefficient (Wildman–Crippen LogP) is 4.05. The topological polar surface area (TPSA) is 76.5 Å². The number of carbonyl (C=O) groups excluding carboxylic acids is 1. The summed E-state index contributed by atoms with van der Waals surface area (Å²) in [4.78, 5) is 23.2. The number of amides is 1. The minimum absolute atomic E-state index is 0.155. The molecule has 7 nitrogen and oxygen atoms in total. The van der Waals surface area contributed by atoms with E-state index in [0.29, 0.717) is 33.6 Å². The fourth-order valence-corrected chi connectivity index (χ4v) is 3.66. The molecule has 29 heavy (non-hydrogen) atoms. The summed E-state index contributed by atoms with van der Waals surface area (Å²) in [5, 5.41) is 5.42. The molecule has 1 aromatic carbocycles. The minimum atomic E-state index is -4.44. The van der Waals surface area contributed by atoms with Gasteiger partial charge in [0, 0.05) is 31.1 Å². The normalized spacial score (nSPS) is 11.9. The van der Waals surface area contributed by atoms with Crippen LogP contribution in [0.15, 0.2) is 40.4 Å². The Balaban J connectivity index is 1.63. The molecular formula is C18H14F3N5O2S. The van der Waals surface area contributed by atoms with Crippen LogP contribution in [0.5, 0.6) is 0 Å². The summed E-state index contributed by atoms with van der Waals surface area (Å²) < 4.78 is 45.4. The fraction of sp³-hybridized carbons (Fsp3) is 0.222. The van der Waals surface area contributed by atoms with Gasteiger partial charge in [0.25, 0.3) is 5.91 Å². The largest absolute Gasteiger partial charge is 0.416 e. The van der Waals surface area contributed by atoms with Gasteiger partial charge in [-0.2, -0.15) is 18.2 Å². The molecule has 0 unspecified atom stereocenters. The number of hydrogen-bond acceptors (Lipinski definition) is 6. The van der Waals surface area contributed by atoms with Gasteiger partial charge in [-0.25, -0.2) is 4.98 Å². The van der Waals surface area contributed by atoms with Crippen molar-refractivity contribution in [3.63, 3.8) is 0 Å². The Hall–Kier alpha value is -3.21. The number of imidazole rings is 1. The van der Waals surface area contributed by atoms with Crippen molar-refractivity contribution >= 4 is 22.2 Å². The van der Waals surface area contributed by atoms with E-state index >= 15 is 0 Å². The SMILES string of the molecule is Cc1nc(CN(C)C(=O)c2csc3nc(-c4cccc(C(F)(F)F)c4)cn23)no1. The number of nitrogens with zero attached hydrogens (tertiary/aromatic N) is 5. The van der Waals surface area contributed by atoms with Gasteiger partial charge in [0.15, 0.2) is 10.8 Å². The molecule has 4 aromatic rings. The fourth-order valence-electron chi connectivity index (χ4n) is 2.82. The van der Waals surface area contributed by atoms with Gasteiger partial charge in [0.05, 0.1) is 17.8 Å². The number of hydrogen-bond donors (Lipinski definition) is 0. The Morgan fingerprint density at radius 3 is 2.79 bits per heavy atom. The maximum Gasteiger partial charge on any atom is 0.416 e. The lowest BCUT2D eigenvalue weighted by molar-refractivity contribution is -0.137. The first-order valence-electron chi connectivity index (χ1n) is 8.41. The Morgan fingerprint density at radius 1 is 1.31 bits per heavy atom. The second-order valence-corrected chi connectivity index (χ2v) is 7.21. The van der Waals surface area contributed by atoms with E-state index in [4.69, 9.17) is 4.52 Å². The smallest absolute Gasteiger partial charge is 0.340 e. The number of alkyl halides is 3.